The first kappa shape index (κ1) is 15.4. The van der Waals surface area contributed by atoms with E-state index in [9.17, 15) is 22.8 Å². The highest BCUT2D eigenvalue weighted by atomic mass is 19.4. The van der Waals surface area contributed by atoms with Crippen LogP contribution in [-0.2, 0) is 7.05 Å². The number of carbonyl (C=O) groups excluding carboxylic acids is 1. The molecule has 0 bridgehead atoms. The number of aromatic nitrogens is 1. The molecule has 1 aromatic rings. The van der Waals surface area contributed by atoms with E-state index in [1.807, 2.05) is 0 Å². The van der Waals surface area contributed by atoms with Crippen molar-refractivity contribution in [1.29, 1.82) is 0 Å². The smallest absolute Gasteiger partial charge is 0.324 e. The second kappa shape index (κ2) is 5.79. The number of pyridine rings is 1. The van der Waals surface area contributed by atoms with Gasteiger partial charge in [0.1, 0.15) is 5.69 Å². The highest BCUT2D eigenvalue weighted by molar-refractivity contribution is 5.89. The Kier molecular flexibility index (Phi) is 4.24. The van der Waals surface area contributed by atoms with Gasteiger partial charge in [0.15, 0.2) is 0 Å². The molecule has 1 fully saturated rings. The average molecular weight is 303 g/mol. The molecular formula is C13H16F3N3O2. The van der Waals surface area contributed by atoms with E-state index in [4.69, 9.17) is 0 Å². The fourth-order valence-electron chi connectivity index (χ4n) is 2.32. The summed E-state index contributed by atoms with van der Waals surface area (Å²) in [6, 6.07) is 2.32. The number of alkyl halides is 3. The zero-order valence-electron chi connectivity index (χ0n) is 11.5. The van der Waals surface area contributed by atoms with Gasteiger partial charge in [0.05, 0.1) is 5.92 Å². The number of carbonyl (C=O) groups is 1. The molecule has 1 N–H and O–H groups in total. The van der Waals surface area contributed by atoms with Gasteiger partial charge in [-0.1, -0.05) is 0 Å². The van der Waals surface area contributed by atoms with Crippen molar-refractivity contribution in [1.82, 2.24) is 9.47 Å². The first-order valence-corrected chi connectivity index (χ1v) is 6.57. The lowest BCUT2D eigenvalue weighted by molar-refractivity contribution is -0.183. The highest BCUT2D eigenvalue weighted by Crippen LogP contribution is 2.33. The Hall–Kier alpha value is -1.99. The van der Waals surface area contributed by atoms with Crippen molar-refractivity contribution in [3.63, 3.8) is 0 Å². The minimum atomic E-state index is -4.30. The zero-order valence-corrected chi connectivity index (χ0v) is 11.5. The third-order valence-corrected chi connectivity index (χ3v) is 3.54. The largest absolute Gasteiger partial charge is 0.393 e. The first-order chi connectivity index (χ1) is 9.79. The number of hydrogen-bond acceptors (Lipinski definition) is 2. The van der Waals surface area contributed by atoms with Crippen molar-refractivity contribution in [2.45, 2.75) is 19.0 Å². The molecule has 2 heterocycles. The quantitative estimate of drug-likeness (QED) is 0.864. The first-order valence-electron chi connectivity index (χ1n) is 6.57. The predicted octanol–water partition coefficient (Wildman–Crippen LogP) is 2.19. The van der Waals surface area contributed by atoms with Crippen molar-refractivity contribution in [3.8, 4) is 0 Å². The zero-order chi connectivity index (χ0) is 15.6. The van der Waals surface area contributed by atoms with Gasteiger partial charge in [0, 0.05) is 26.3 Å². The lowest BCUT2D eigenvalue weighted by Crippen LogP contribution is -2.46. The molecule has 0 spiro atoms. The van der Waals surface area contributed by atoms with Gasteiger partial charge in [-0.3, -0.25) is 4.79 Å². The third kappa shape index (κ3) is 3.56. The normalized spacial score (nSPS) is 19.4. The summed E-state index contributed by atoms with van der Waals surface area (Å²) >= 11 is 0. The Morgan fingerprint density at radius 1 is 1.43 bits per heavy atom. The molecule has 8 heteroatoms. The van der Waals surface area contributed by atoms with E-state index in [0.29, 0.717) is 6.42 Å². The topological polar surface area (TPSA) is 54.3 Å². The van der Waals surface area contributed by atoms with Gasteiger partial charge in [0.25, 0.3) is 5.56 Å². The van der Waals surface area contributed by atoms with E-state index in [1.165, 1.54) is 23.9 Å². The van der Waals surface area contributed by atoms with Crippen molar-refractivity contribution in [3.05, 3.63) is 28.7 Å². The van der Waals surface area contributed by atoms with E-state index < -0.39 is 23.7 Å². The van der Waals surface area contributed by atoms with Gasteiger partial charge in [-0.25, -0.2) is 4.79 Å². The van der Waals surface area contributed by atoms with E-state index in [2.05, 4.69) is 5.32 Å². The molecule has 0 saturated carbocycles. The van der Waals surface area contributed by atoms with Crippen LogP contribution in [0.3, 0.4) is 0 Å². The van der Waals surface area contributed by atoms with Crippen LogP contribution in [0.5, 0.6) is 0 Å². The molecular weight excluding hydrogens is 287 g/mol. The molecule has 1 atom stereocenters. The van der Waals surface area contributed by atoms with Gasteiger partial charge in [-0.2, -0.15) is 13.2 Å². The Balaban J connectivity index is 2.07. The molecule has 1 aliphatic rings. The lowest BCUT2D eigenvalue weighted by Gasteiger charge is -2.33. The number of amides is 2. The maximum absolute atomic E-state index is 12.7. The van der Waals surface area contributed by atoms with Crippen LogP contribution in [0.15, 0.2) is 23.1 Å². The van der Waals surface area contributed by atoms with Gasteiger partial charge in [-0.05, 0) is 25.0 Å². The third-order valence-electron chi connectivity index (χ3n) is 3.54. The molecule has 2 amide bonds. The summed E-state index contributed by atoms with van der Waals surface area (Å²) in [5.41, 5.74) is -0.352. The van der Waals surface area contributed by atoms with Crippen LogP contribution in [-0.4, -0.2) is 34.8 Å². The minimum Gasteiger partial charge on any atom is -0.324 e. The Morgan fingerprint density at radius 2 is 2.14 bits per heavy atom. The fraction of sp³-hybridized carbons (Fsp3) is 0.538. The van der Waals surface area contributed by atoms with E-state index in [-0.39, 0.29) is 25.2 Å². The van der Waals surface area contributed by atoms with Crippen LogP contribution in [0, 0.1) is 5.92 Å². The molecule has 0 aromatic carbocycles. The number of likely N-dealkylation sites (tertiary alicyclic amines) is 1. The summed E-state index contributed by atoms with van der Waals surface area (Å²) in [5.74, 6) is -1.50. The van der Waals surface area contributed by atoms with Crippen molar-refractivity contribution in [2.24, 2.45) is 13.0 Å². The summed E-state index contributed by atoms with van der Waals surface area (Å²) in [4.78, 5) is 24.9. The minimum absolute atomic E-state index is 0.0282. The molecule has 0 unspecified atom stereocenters. The van der Waals surface area contributed by atoms with Crippen LogP contribution < -0.4 is 10.9 Å². The monoisotopic (exact) mass is 303 g/mol. The predicted molar refractivity (Wildman–Crippen MR) is 71.1 cm³/mol. The van der Waals surface area contributed by atoms with Gasteiger partial charge in [-0.15, -0.1) is 0 Å². The van der Waals surface area contributed by atoms with Crippen molar-refractivity contribution in [2.75, 3.05) is 18.4 Å². The number of anilines is 1. The summed E-state index contributed by atoms with van der Waals surface area (Å²) in [5, 5.41) is 2.38. The molecule has 5 nitrogen and oxygen atoms in total. The number of rotatable bonds is 1. The van der Waals surface area contributed by atoms with E-state index in [1.54, 1.807) is 6.07 Å². The number of nitrogens with zero attached hydrogens (tertiary/aromatic N) is 2. The molecule has 0 radical (unpaired) electrons. The second-order valence-corrected chi connectivity index (χ2v) is 5.09. The van der Waals surface area contributed by atoms with E-state index >= 15 is 0 Å². The number of piperidine rings is 1. The van der Waals surface area contributed by atoms with Crippen LogP contribution in [0.4, 0.5) is 23.7 Å². The molecule has 21 heavy (non-hydrogen) atoms. The lowest BCUT2D eigenvalue weighted by atomic mass is 9.98. The molecule has 1 aliphatic heterocycles. The van der Waals surface area contributed by atoms with Crippen LogP contribution in [0.1, 0.15) is 12.8 Å². The molecule has 0 aliphatic carbocycles. The van der Waals surface area contributed by atoms with Crippen molar-refractivity contribution < 1.29 is 18.0 Å². The van der Waals surface area contributed by atoms with Crippen LogP contribution in [0.25, 0.3) is 0 Å². The summed E-state index contributed by atoms with van der Waals surface area (Å²) in [6.45, 7) is -0.117. The number of hydrogen-bond donors (Lipinski definition) is 1. The standard InChI is InChI=1S/C13H16F3N3O2/c1-18-6-3-5-10(11(18)20)17-12(21)19-7-2-4-9(8-19)13(14,15)16/h3,5-6,9H,2,4,7-8H2,1H3,(H,17,21)/t9-/m0/s1. The molecule has 2 rings (SSSR count). The van der Waals surface area contributed by atoms with Gasteiger partial charge >= 0.3 is 12.2 Å². The van der Waals surface area contributed by atoms with Crippen LogP contribution in [0.2, 0.25) is 0 Å². The van der Waals surface area contributed by atoms with Gasteiger partial charge in [0.2, 0.25) is 0 Å². The fourth-order valence-corrected chi connectivity index (χ4v) is 2.32. The molecule has 1 aromatic heterocycles. The molecule has 116 valence electrons. The van der Waals surface area contributed by atoms with Gasteiger partial charge < -0.3 is 14.8 Å². The average Bonchev–Trinajstić information content (AvgIpc) is 2.43. The number of halogens is 3. The number of aryl methyl sites for hydroxylation is 1. The molecule has 1 saturated heterocycles. The number of urea groups is 1. The SMILES string of the molecule is Cn1cccc(NC(=O)N2CCC[C@H](C(F)(F)F)C2)c1=O. The maximum Gasteiger partial charge on any atom is 0.393 e. The Morgan fingerprint density at radius 3 is 2.81 bits per heavy atom. The summed E-state index contributed by atoms with van der Waals surface area (Å²) in [6.07, 6.45) is -2.45. The summed E-state index contributed by atoms with van der Waals surface area (Å²) in [7, 11) is 1.53. The maximum atomic E-state index is 12.7. The van der Waals surface area contributed by atoms with E-state index in [0.717, 1.165) is 4.90 Å². The Labute approximate surface area is 119 Å². The number of nitrogens with one attached hydrogen (secondary N) is 1. The van der Waals surface area contributed by atoms with Crippen molar-refractivity contribution >= 4 is 11.7 Å². The second-order valence-electron chi connectivity index (χ2n) is 5.09. The van der Waals surface area contributed by atoms with Crippen LogP contribution >= 0.6 is 0 Å². The summed E-state index contributed by atoms with van der Waals surface area (Å²) < 4.78 is 39.4. The highest BCUT2D eigenvalue weighted by Gasteiger charge is 2.42. The Bertz CT molecular complexity index is 583.